The predicted molar refractivity (Wildman–Crippen MR) is 73.6 cm³/mol. The first-order valence-electron chi connectivity index (χ1n) is 6.53. The molecule has 2 rings (SSSR count). The largest absolute Gasteiger partial charge is 0.397 e. The maximum Gasteiger partial charge on any atom is 0.252 e. The van der Waals surface area contributed by atoms with E-state index in [0.29, 0.717) is 29.5 Å². The Morgan fingerprint density at radius 1 is 1.53 bits per heavy atom. The van der Waals surface area contributed by atoms with Gasteiger partial charge in [-0.15, -0.1) is 0 Å². The molecule has 6 N–H and O–H groups in total. The fraction of sp³-hybridized carbons (Fsp3) is 0.538. The highest BCUT2D eigenvalue weighted by molar-refractivity contribution is 5.98. The highest BCUT2D eigenvalue weighted by atomic mass is 16.3. The number of aliphatic hydroxyl groups excluding tert-OH is 1. The monoisotopic (exact) mass is 264 g/mol. The van der Waals surface area contributed by atoms with E-state index < -0.39 is 5.91 Å². The van der Waals surface area contributed by atoms with Crippen molar-refractivity contribution in [3.63, 3.8) is 0 Å². The lowest BCUT2D eigenvalue weighted by Crippen LogP contribution is -2.26. The zero-order valence-electron chi connectivity index (χ0n) is 10.8. The minimum atomic E-state index is -0.550. The summed E-state index contributed by atoms with van der Waals surface area (Å²) in [5, 5.41) is 12.8. The Hall–Kier alpha value is -1.82. The molecule has 0 saturated heterocycles. The Bertz CT molecular complexity index is 464. The molecule has 1 heterocycles. The molecule has 1 aromatic heterocycles. The van der Waals surface area contributed by atoms with Crippen molar-refractivity contribution < 1.29 is 9.90 Å². The lowest BCUT2D eigenvalue weighted by atomic mass is 9.87. The highest BCUT2D eigenvalue weighted by Gasteiger charge is 2.20. The van der Waals surface area contributed by atoms with Gasteiger partial charge in [-0.2, -0.15) is 0 Å². The Balaban J connectivity index is 2.01. The molecule has 1 aromatic rings. The third-order valence-electron chi connectivity index (χ3n) is 3.49. The van der Waals surface area contributed by atoms with Crippen LogP contribution in [0.4, 0.5) is 11.5 Å². The van der Waals surface area contributed by atoms with Crippen molar-refractivity contribution in [2.75, 3.05) is 17.6 Å². The van der Waals surface area contributed by atoms with Gasteiger partial charge in [0.25, 0.3) is 5.91 Å². The van der Waals surface area contributed by atoms with Crippen LogP contribution in [-0.4, -0.2) is 28.6 Å². The molecule has 0 aromatic carbocycles. The number of anilines is 2. The number of nitrogens with one attached hydrogen (secondary N) is 1. The SMILES string of the molecule is NC(=O)c1cc(N)cnc1NCC1CCCC(O)C1. The van der Waals surface area contributed by atoms with Crippen LogP contribution < -0.4 is 16.8 Å². The van der Waals surface area contributed by atoms with E-state index in [1.54, 1.807) is 0 Å². The fourth-order valence-electron chi connectivity index (χ4n) is 2.50. The average Bonchev–Trinajstić information content (AvgIpc) is 2.37. The minimum Gasteiger partial charge on any atom is -0.397 e. The molecule has 19 heavy (non-hydrogen) atoms. The molecule has 0 spiro atoms. The van der Waals surface area contributed by atoms with E-state index >= 15 is 0 Å². The molecule has 1 fully saturated rings. The molecule has 0 radical (unpaired) electrons. The Morgan fingerprint density at radius 2 is 2.32 bits per heavy atom. The number of nitrogens with two attached hydrogens (primary N) is 2. The normalized spacial score (nSPS) is 23.0. The summed E-state index contributed by atoms with van der Waals surface area (Å²) in [5.41, 5.74) is 11.6. The van der Waals surface area contributed by atoms with Crippen molar-refractivity contribution in [1.29, 1.82) is 0 Å². The van der Waals surface area contributed by atoms with Crippen LogP contribution >= 0.6 is 0 Å². The highest BCUT2D eigenvalue weighted by Crippen LogP contribution is 2.25. The number of aliphatic hydroxyl groups is 1. The number of aromatic nitrogens is 1. The van der Waals surface area contributed by atoms with E-state index in [9.17, 15) is 9.90 Å². The van der Waals surface area contributed by atoms with Gasteiger partial charge in [-0.05, 0) is 31.2 Å². The third kappa shape index (κ3) is 3.57. The number of carbonyl (C=O) groups excluding carboxylic acids is 1. The number of nitrogens with zero attached hydrogens (tertiary/aromatic N) is 1. The van der Waals surface area contributed by atoms with Crippen LogP contribution in [0.15, 0.2) is 12.3 Å². The van der Waals surface area contributed by atoms with Gasteiger partial charge >= 0.3 is 0 Å². The number of primary amides is 1. The summed E-state index contributed by atoms with van der Waals surface area (Å²) in [6.07, 6.45) is 5.05. The molecule has 1 saturated carbocycles. The molecule has 1 aliphatic carbocycles. The van der Waals surface area contributed by atoms with Crippen molar-refractivity contribution in [2.45, 2.75) is 31.8 Å². The number of hydrogen-bond acceptors (Lipinski definition) is 5. The summed E-state index contributed by atoms with van der Waals surface area (Å²) in [7, 11) is 0. The molecule has 6 heteroatoms. The number of nitrogen functional groups attached to an aromatic ring is 1. The quantitative estimate of drug-likeness (QED) is 0.640. The van der Waals surface area contributed by atoms with Crippen LogP contribution in [-0.2, 0) is 0 Å². The zero-order chi connectivity index (χ0) is 13.8. The van der Waals surface area contributed by atoms with Crippen LogP contribution in [0, 0.1) is 5.92 Å². The molecular weight excluding hydrogens is 244 g/mol. The first-order valence-corrected chi connectivity index (χ1v) is 6.53. The number of pyridine rings is 1. The lowest BCUT2D eigenvalue weighted by molar-refractivity contribution is 0.0998. The molecule has 2 atom stereocenters. The van der Waals surface area contributed by atoms with Gasteiger partial charge < -0.3 is 21.9 Å². The molecule has 1 amide bonds. The summed E-state index contributed by atoms with van der Waals surface area (Å²) in [6, 6.07) is 1.52. The number of hydrogen-bond donors (Lipinski definition) is 4. The zero-order valence-corrected chi connectivity index (χ0v) is 10.8. The molecule has 1 aliphatic rings. The van der Waals surface area contributed by atoms with E-state index in [1.165, 1.54) is 12.3 Å². The molecule has 0 aliphatic heterocycles. The van der Waals surface area contributed by atoms with Crippen LogP contribution in [0.25, 0.3) is 0 Å². The third-order valence-corrected chi connectivity index (χ3v) is 3.49. The van der Waals surface area contributed by atoms with Gasteiger partial charge in [-0.3, -0.25) is 4.79 Å². The van der Waals surface area contributed by atoms with Gasteiger partial charge in [-0.25, -0.2) is 4.98 Å². The Kier molecular flexibility index (Phi) is 4.21. The van der Waals surface area contributed by atoms with Gasteiger partial charge in [0.15, 0.2) is 0 Å². The van der Waals surface area contributed by atoms with E-state index in [2.05, 4.69) is 10.3 Å². The van der Waals surface area contributed by atoms with Crippen LogP contribution in [0.2, 0.25) is 0 Å². The van der Waals surface area contributed by atoms with Crippen molar-refractivity contribution in [3.8, 4) is 0 Å². The van der Waals surface area contributed by atoms with Crippen molar-refractivity contribution >= 4 is 17.4 Å². The Morgan fingerprint density at radius 3 is 3.00 bits per heavy atom. The fourth-order valence-corrected chi connectivity index (χ4v) is 2.50. The standard InChI is InChI=1S/C13H20N4O2/c14-9-5-11(12(15)19)13(17-7-9)16-6-8-2-1-3-10(18)4-8/h5,7-8,10,18H,1-4,6,14H2,(H2,15,19)(H,16,17). The summed E-state index contributed by atoms with van der Waals surface area (Å²) < 4.78 is 0. The second kappa shape index (κ2) is 5.88. The lowest BCUT2D eigenvalue weighted by Gasteiger charge is -2.26. The molecule has 104 valence electrons. The molecular formula is C13H20N4O2. The van der Waals surface area contributed by atoms with Gasteiger partial charge in [-0.1, -0.05) is 6.42 Å². The summed E-state index contributed by atoms with van der Waals surface area (Å²) >= 11 is 0. The Labute approximate surface area is 112 Å². The van der Waals surface area contributed by atoms with Crippen LogP contribution in [0.5, 0.6) is 0 Å². The maximum absolute atomic E-state index is 11.3. The number of amides is 1. The number of rotatable bonds is 4. The smallest absolute Gasteiger partial charge is 0.252 e. The van der Waals surface area contributed by atoms with E-state index in [-0.39, 0.29) is 6.10 Å². The first kappa shape index (κ1) is 13.6. The summed E-state index contributed by atoms with van der Waals surface area (Å²) in [5.74, 6) is 0.302. The predicted octanol–water partition coefficient (Wildman–Crippen LogP) is 0.726. The van der Waals surface area contributed by atoms with Gasteiger partial charge in [0.1, 0.15) is 5.82 Å². The summed E-state index contributed by atoms with van der Waals surface area (Å²) in [6.45, 7) is 0.675. The molecule has 2 unspecified atom stereocenters. The topological polar surface area (TPSA) is 114 Å². The minimum absolute atomic E-state index is 0.212. The van der Waals surface area contributed by atoms with E-state index in [4.69, 9.17) is 11.5 Å². The number of carbonyl (C=O) groups is 1. The van der Waals surface area contributed by atoms with Gasteiger partial charge in [0.05, 0.1) is 23.6 Å². The van der Waals surface area contributed by atoms with E-state index in [1.807, 2.05) is 0 Å². The van der Waals surface area contributed by atoms with Crippen LogP contribution in [0.3, 0.4) is 0 Å². The molecule has 0 bridgehead atoms. The molecule has 6 nitrogen and oxygen atoms in total. The summed E-state index contributed by atoms with van der Waals surface area (Å²) in [4.78, 5) is 15.4. The van der Waals surface area contributed by atoms with Gasteiger partial charge in [0.2, 0.25) is 0 Å². The maximum atomic E-state index is 11.3. The van der Waals surface area contributed by atoms with Crippen LogP contribution in [0.1, 0.15) is 36.0 Å². The van der Waals surface area contributed by atoms with Gasteiger partial charge in [0, 0.05) is 6.54 Å². The average molecular weight is 264 g/mol. The van der Waals surface area contributed by atoms with Crippen molar-refractivity contribution in [1.82, 2.24) is 4.98 Å². The second-order valence-electron chi connectivity index (χ2n) is 5.10. The van der Waals surface area contributed by atoms with E-state index in [0.717, 1.165) is 25.7 Å². The van der Waals surface area contributed by atoms with Crippen molar-refractivity contribution in [3.05, 3.63) is 17.8 Å². The second-order valence-corrected chi connectivity index (χ2v) is 5.10. The van der Waals surface area contributed by atoms with Crippen molar-refractivity contribution in [2.24, 2.45) is 11.7 Å². The first-order chi connectivity index (χ1) is 9.06.